The summed E-state index contributed by atoms with van der Waals surface area (Å²) in [6.45, 7) is 1.64. The number of hydrogen-bond donors (Lipinski definition) is 1. The van der Waals surface area contributed by atoms with E-state index in [9.17, 15) is 4.79 Å². The Morgan fingerprint density at radius 1 is 1.23 bits per heavy atom. The van der Waals surface area contributed by atoms with E-state index in [1.54, 1.807) is 6.92 Å². The summed E-state index contributed by atoms with van der Waals surface area (Å²) in [5.74, 6) is 0.0781. The van der Waals surface area contributed by atoms with Gasteiger partial charge in [-0.1, -0.05) is 30.4 Å². The van der Waals surface area contributed by atoms with Gasteiger partial charge in [-0.15, -0.1) is 0 Å². The molecule has 1 aliphatic carbocycles. The summed E-state index contributed by atoms with van der Waals surface area (Å²) >= 11 is 0. The molecule has 0 saturated heterocycles. The van der Waals surface area contributed by atoms with Crippen molar-refractivity contribution >= 4 is 17.7 Å². The number of aromatic amines is 1. The van der Waals surface area contributed by atoms with Crippen molar-refractivity contribution in [1.82, 2.24) is 4.98 Å². The number of H-pyrrole nitrogens is 1. The normalized spacial score (nSPS) is 19.7. The van der Waals surface area contributed by atoms with Crippen LogP contribution in [0.3, 0.4) is 0 Å². The maximum Gasteiger partial charge on any atom is 0.224 e. The lowest BCUT2D eigenvalue weighted by Gasteiger charge is -2.32. The average Bonchev–Trinajstić information content (AvgIpc) is 2.97. The van der Waals surface area contributed by atoms with E-state index in [2.05, 4.69) is 29.3 Å². The largest absolute Gasteiger partial charge is 0.360 e. The minimum absolute atomic E-state index is 0.0296. The van der Waals surface area contributed by atoms with Gasteiger partial charge in [-0.05, 0) is 48.9 Å². The molecule has 2 aromatic rings. The van der Waals surface area contributed by atoms with Gasteiger partial charge in [-0.3, -0.25) is 9.69 Å². The van der Waals surface area contributed by atoms with Crippen molar-refractivity contribution < 1.29 is 4.79 Å². The molecule has 2 aliphatic rings. The molecule has 1 aromatic carbocycles. The summed E-state index contributed by atoms with van der Waals surface area (Å²) in [5, 5.41) is 0. The fourth-order valence-electron chi connectivity index (χ4n) is 3.67. The molecular formula is C19H20N2O. The fourth-order valence-corrected chi connectivity index (χ4v) is 3.67. The average molecular weight is 292 g/mol. The molecule has 3 nitrogen and oxygen atoms in total. The highest BCUT2D eigenvalue weighted by atomic mass is 16.2. The van der Waals surface area contributed by atoms with Crippen molar-refractivity contribution in [1.29, 1.82) is 0 Å². The molecule has 1 unspecified atom stereocenters. The van der Waals surface area contributed by atoms with Crippen molar-refractivity contribution in [3.05, 3.63) is 58.9 Å². The molecule has 4 rings (SSSR count). The van der Waals surface area contributed by atoms with Crippen LogP contribution in [-0.4, -0.2) is 10.9 Å². The third-order valence-electron chi connectivity index (χ3n) is 4.73. The first kappa shape index (κ1) is 13.4. The minimum Gasteiger partial charge on any atom is -0.360 e. The maximum absolute atomic E-state index is 12.3. The van der Waals surface area contributed by atoms with Gasteiger partial charge in [0.15, 0.2) is 0 Å². The number of aryl methyl sites for hydroxylation is 2. The standard InChI is InChI=1S/C19H20N2O/c1-13(22)21-18-9-5-3-6-14(18)10-11-19(21)17-12-15-7-2-4-8-16(15)20-17/h3,5-6,9-12,19-20H,2,4,7-8H2,1H3. The molecule has 22 heavy (non-hydrogen) atoms. The van der Waals surface area contributed by atoms with Gasteiger partial charge in [-0.2, -0.15) is 0 Å². The zero-order chi connectivity index (χ0) is 15.1. The lowest BCUT2D eigenvalue weighted by molar-refractivity contribution is -0.116. The highest BCUT2D eigenvalue weighted by molar-refractivity contribution is 5.96. The number of para-hydroxylation sites is 1. The molecule has 112 valence electrons. The van der Waals surface area contributed by atoms with E-state index in [1.807, 2.05) is 23.1 Å². The third kappa shape index (κ3) is 2.08. The van der Waals surface area contributed by atoms with Crippen LogP contribution in [0.4, 0.5) is 5.69 Å². The monoisotopic (exact) mass is 292 g/mol. The van der Waals surface area contributed by atoms with Crippen LogP contribution in [-0.2, 0) is 17.6 Å². The highest BCUT2D eigenvalue weighted by Crippen LogP contribution is 2.37. The maximum atomic E-state index is 12.3. The number of nitrogens with one attached hydrogen (secondary N) is 1. The van der Waals surface area contributed by atoms with Gasteiger partial charge in [0.2, 0.25) is 5.91 Å². The van der Waals surface area contributed by atoms with Crippen LogP contribution >= 0.6 is 0 Å². The van der Waals surface area contributed by atoms with Gasteiger partial charge in [-0.25, -0.2) is 0 Å². The molecule has 1 aromatic heterocycles. The number of anilines is 1. The molecule has 0 spiro atoms. The topological polar surface area (TPSA) is 36.1 Å². The molecule has 0 bridgehead atoms. The second-order valence-electron chi connectivity index (χ2n) is 6.19. The van der Waals surface area contributed by atoms with Gasteiger partial charge in [0, 0.05) is 18.3 Å². The second kappa shape index (κ2) is 5.16. The Balaban J connectivity index is 1.78. The summed E-state index contributed by atoms with van der Waals surface area (Å²) < 4.78 is 0. The van der Waals surface area contributed by atoms with Crippen LogP contribution in [0.2, 0.25) is 0 Å². The van der Waals surface area contributed by atoms with E-state index in [0.29, 0.717) is 0 Å². The van der Waals surface area contributed by atoms with Crippen LogP contribution in [0.5, 0.6) is 0 Å². The molecule has 3 heteroatoms. The van der Waals surface area contributed by atoms with Gasteiger partial charge in [0.05, 0.1) is 11.7 Å². The summed E-state index contributed by atoms with van der Waals surface area (Å²) in [4.78, 5) is 17.7. The van der Waals surface area contributed by atoms with Crippen molar-refractivity contribution in [2.24, 2.45) is 0 Å². The molecular weight excluding hydrogens is 272 g/mol. The Morgan fingerprint density at radius 3 is 2.86 bits per heavy atom. The zero-order valence-corrected chi connectivity index (χ0v) is 12.8. The number of amides is 1. The Labute approximate surface area is 130 Å². The number of rotatable bonds is 1. The number of nitrogens with zero attached hydrogens (tertiary/aromatic N) is 1. The Hall–Kier alpha value is -2.29. The quantitative estimate of drug-likeness (QED) is 0.847. The number of carbonyl (C=O) groups is 1. The Morgan fingerprint density at radius 2 is 2.05 bits per heavy atom. The number of carbonyl (C=O) groups excluding carboxylic acids is 1. The lowest BCUT2D eigenvalue weighted by atomic mass is 9.97. The first-order valence-electron chi connectivity index (χ1n) is 8.02. The summed E-state index contributed by atoms with van der Waals surface area (Å²) in [6, 6.07) is 10.3. The van der Waals surface area contributed by atoms with E-state index in [4.69, 9.17) is 0 Å². The van der Waals surface area contributed by atoms with E-state index in [1.165, 1.54) is 24.1 Å². The van der Waals surface area contributed by atoms with E-state index in [0.717, 1.165) is 29.8 Å². The van der Waals surface area contributed by atoms with Crippen LogP contribution in [0.15, 0.2) is 36.4 Å². The molecule has 2 heterocycles. The molecule has 1 N–H and O–H groups in total. The minimum atomic E-state index is -0.0296. The summed E-state index contributed by atoms with van der Waals surface area (Å²) in [6.07, 6.45) is 9.05. The first-order chi connectivity index (χ1) is 10.7. The smallest absolute Gasteiger partial charge is 0.224 e. The zero-order valence-electron chi connectivity index (χ0n) is 12.8. The van der Waals surface area contributed by atoms with Crippen molar-refractivity contribution in [2.75, 3.05) is 4.90 Å². The van der Waals surface area contributed by atoms with Gasteiger partial charge >= 0.3 is 0 Å². The summed E-state index contributed by atoms with van der Waals surface area (Å²) in [5.41, 5.74) is 6.02. The number of benzene rings is 1. The third-order valence-corrected chi connectivity index (χ3v) is 4.73. The number of fused-ring (bicyclic) bond motifs is 2. The molecule has 0 radical (unpaired) electrons. The molecule has 0 saturated carbocycles. The SMILES string of the molecule is CC(=O)N1c2ccccc2C=CC1c1cc2c([nH]1)CCCC2. The second-order valence-corrected chi connectivity index (χ2v) is 6.19. The van der Waals surface area contributed by atoms with E-state index >= 15 is 0 Å². The van der Waals surface area contributed by atoms with Crippen LogP contribution < -0.4 is 4.90 Å². The molecule has 1 aliphatic heterocycles. The number of aromatic nitrogens is 1. The summed E-state index contributed by atoms with van der Waals surface area (Å²) in [7, 11) is 0. The van der Waals surface area contributed by atoms with Crippen molar-refractivity contribution in [3.63, 3.8) is 0 Å². The van der Waals surface area contributed by atoms with Crippen molar-refractivity contribution in [3.8, 4) is 0 Å². The van der Waals surface area contributed by atoms with Crippen LogP contribution in [0.1, 0.15) is 48.3 Å². The van der Waals surface area contributed by atoms with E-state index < -0.39 is 0 Å². The van der Waals surface area contributed by atoms with Crippen LogP contribution in [0, 0.1) is 0 Å². The molecule has 1 amide bonds. The predicted octanol–water partition coefficient (Wildman–Crippen LogP) is 4.01. The van der Waals surface area contributed by atoms with Gasteiger partial charge < -0.3 is 4.98 Å². The number of hydrogen-bond acceptors (Lipinski definition) is 1. The van der Waals surface area contributed by atoms with Gasteiger partial charge in [0.25, 0.3) is 0 Å². The molecule has 1 atom stereocenters. The molecule has 0 fully saturated rings. The lowest BCUT2D eigenvalue weighted by Crippen LogP contribution is -2.34. The predicted molar refractivity (Wildman–Crippen MR) is 88.8 cm³/mol. The van der Waals surface area contributed by atoms with E-state index in [-0.39, 0.29) is 11.9 Å². The first-order valence-corrected chi connectivity index (χ1v) is 8.02. The Kier molecular flexibility index (Phi) is 3.14. The highest BCUT2D eigenvalue weighted by Gasteiger charge is 2.28. The Bertz CT molecular complexity index is 733. The van der Waals surface area contributed by atoms with Crippen molar-refractivity contribution in [2.45, 2.75) is 38.6 Å². The van der Waals surface area contributed by atoms with Crippen LogP contribution in [0.25, 0.3) is 6.08 Å². The fraction of sp³-hybridized carbons (Fsp3) is 0.316. The van der Waals surface area contributed by atoms with Gasteiger partial charge in [0.1, 0.15) is 0 Å².